The van der Waals surface area contributed by atoms with Crippen molar-refractivity contribution < 1.29 is 9.13 Å². The fourth-order valence-electron chi connectivity index (χ4n) is 3.77. The lowest BCUT2D eigenvalue weighted by Crippen LogP contribution is -2.45. The van der Waals surface area contributed by atoms with E-state index in [2.05, 4.69) is 33.6 Å². The molecule has 1 fully saturated rings. The van der Waals surface area contributed by atoms with Crippen molar-refractivity contribution >= 4 is 12.4 Å². The predicted molar refractivity (Wildman–Crippen MR) is 114 cm³/mol. The van der Waals surface area contributed by atoms with Crippen LogP contribution in [-0.4, -0.2) is 41.4 Å². The minimum Gasteiger partial charge on any atom is -0.496 e. The normalized spacial score (nSPS) is 17.0. The van der Waals surface area contributed by atoms with Crippen LogP contribution in [0.4, 0.5) is 4.39 Å². The summed E-state index contributed by atoms with van der Waals surface area (Å²) in [5, 5.41) is 7.98. The molecule has 29 heavy (non-hydrogen) atoms. The minimum atomic E-state index is -0.217. The van der Waals surface area contributed by atoms with Crippen molar-refractivity contribution in [2.45, 2.75) is 19.1 Å². The first-order chi connectivity index (χ1) is 13.7. The van der Waals surface area contributed by atoms with E-state index in [0.717, 1.165) is 37.5 Å². The monoisotopic (exact) mass is 416 g/mol. The highest BCUT2D eigenvalue weighted by atomic mass is 35.5. The van der Waals surface area contributed by atoms with Crippen molar-refractivity contribution in [3.05, 3.63) is 83.4 Å². The average molecular weight is 417 g/mol. The lowest BCUT2D eigenvalue weighted by atomic mass is 10.0. The summed E-state index contributed by atoms with van der Waals surface area (Å²) in [7, 11) is 1.72. The van der Waals surface area contributed by atoms with Crippen LogP contribution in [0.1, 0.15) is 22.7 Å². The average Bonchev–Trinajstić information content (AvgIpc) is 3.17. The molecule has 2 aromatic carbocycles. The Labute approximate surface area is 176 Å². The molecule has 1 aromatic heterocycles. The number of para-hydroxylation sites is 1. The molecule has 5 nitrogen and oxygen atoms in total. The molecule has 0 saturated carbocycles. The third-order valence-electron chi connectivity index (χ3n) is 5.18. The zero-order valence-corrected chi connectivity index (χ0v) is 17.2. The standard InChI is InChI=1S/C22H25FN4O.ClH/c1-28-22-5-3-2-4-20(22)21-13-24-10-11-26(21)14-18-12-25-27(16-18)15-17-6-8-19(23)9-7-17;/h2-9,12,16,21,24H,10-11,13-15H2,1H3;1H. The number of halogens is 2. The number of methoxy groups -OCH3 is 1. The van der Waals surface area contributed by atoms with Gasteiger partial charge in [-0.1, -0.05) is 30.3 Å². The fourth-order valence-corrected chi connectivity index (χ4v) is 3.77. The summed E-state index contributed by atoms with van der Waals surface area (Å²) in [4.78, 5) is 2.47. The molecule has 0 amide bonds. The molecule has 7 heteroatoms. The molecule has 0 aliphatic carbocycles. The van der Waals surface area contributed by atoms with Crippen LogP contribution in [0, 0.1) is 5.82 Å². The summed E-state index contributed by atoms with van der Waals surface area (Å²) in [5.74, 6) is 0.708. The van der Waals surface area contributed by atoms with Crippen LogP contribution in [0.15, 0.2) is 60.9 Å². The van der Waals surface area contributed by atoms with Crippen LogP contribution in [-0.2, 0) is 13.1 Å². The fraction of sp³-hybridized carbons (Fsp3) is 0.318. The molecule has 1 atom stereocenters. The van der Waals surface area contributed by atoms with E-state index >= 15 is 0 Å². The third kappa shape index (κ3) is 5.15. The zero-order valence-electron chi connectivity index (χ0n) is 16.4. The lowest BCUT2D eigenvalue weighted by Gasteiger charge is -2.36. The van der Waals surface area contributed by atoms with Crippen molar-refractivity contribution in [3.63, 3.8) is 0 Å². The van der Waals surface area contributed by atoms with Gasteiger partial charge >= 0.3 is 0 Å². The molecule has 1 N–H and O–H groups in total. The smallest absolute Gasteiger partial charge is 0.123 e. The maximum absolute atomic E-state index is 13.1. The van der Waals surface area contributed by atoms with Crippen molar-refractivity contribution in [2.24, 2.45) is 0 Å². The minimum absolute atomic E-state index is 0. The number of ether oxygens (including phenoxy) is 1. The van der Waals surface area contributed by atoms with Crippen LogP contribution in [0.2, 0.25) is 0 Å². The maximum Gasteiger partial charge on any atom is 0.123 e. The van der Waals surface area contributed by atoms with Gasteiger partial charge in [0.05, 0.1) is 25.9 Å². The van der Waals surface area contributed by atoms with Gasteiger partial charge in [0.15, 0.2) is 0 Å². The Bertz CT molecular complexity index is 915. The van der Waals surface area contributed by atoms with Crippen LogP contribution in [0.25, 0.3) is 0 Å². The van der Waals surface area contributed by atoms with Crippen molar-refractivity contribution in [1.29, 1.82) is 0 Å². The zero-order chi connectivity index (χ0) is 19.3. The molecule has 0 radical (unpaired) electrons. The topological polar surface area (TPSA) is 42.3 Å². The number of nitrogens with one attached hydrogen (secondary N) is 1. The van der Waals surface area contributed by atoms with E-state index in [1.807, 2.05) is 23.0 Å². The summed E-state index contributed by atoms with van der Waals surface area (Å²) in [5.41, 5.74) is 3.41. The van der Waals surface area contributed by atoms with Crippen LogP contribution in [0.5, 0.6) is 5.75 Å². The predicted octanol–water partition coefficient (Wildman–Crippen LogP) is 3.65. The molecule has 3 aromatic rings. The molecule has 1 saturated heterocycles. The molecule has 1 aliphatic heterocycles. The molecule has 4 rings (SSSR count). The van der Waals surface area contributed by atoms with E-state index in [0.29, 0.717) is 6.54 Å². The lowest BCUT2D eigenvalue weighted by molar-refractivity contribution is 0.151. The number of aromatic nitrogens is 2. The molecule has 0 bridgehead atoms. The Hall–Kier alpha value is -2.41. The Morgan fingerprint density at radius 1 is 1.10 bits per heavy atom. The first-order valence-electron chi connectivity index (χ1n) is 9.56. The van der Waals surface area contributed by atoms with Gasteiger partial charge in [-0.05, 0) is 23.8 Å². The number of benzene rings is 2. The van der Waals surface area contributed by atoms with E-state index in [-0.39, 0.29) is 24.3 Å². The van der Waals surface area contributed by atoms with Gasteiger partial charge in [0, 0.05) is 43.5 Å². The van der Waals surface area contributed by atoms with E-state index in [1.165, 1.54) is 23.3 Å². The first-order valence-corrected chi connectivity index (χ1v) is 9.56. The highest BCUT2D eigenvalue weighted by Crippen LogP contribution is 2.31. The van der Waals surface area contributed by atoms with Gasteiger partial charge in [0.2, 0.25) is 0 Å². The summed E-state index contributed by atoms with van der Waals surface area (Å²) < 4.78 is 20.6. The van der Waals surface area contributed by atoms with Crippen LogP contribution < -0.4 is 10.1 Å². The van der Waals surface area contributed by atoms with Crippen LogP contribution in [0.3, 0.4) is 0 Å². The van der Waals surface area contributed by atoms with E-state index < -0.39 is 0 Å². The molecule has 2 heterocycles. The molecule has 0 spiro atoms. The Morgan fingerprint density at radius 2 is 1.90 bits per heavy atom. The van der Waals surface area contributed by atoms with Gasteiger partial charge in [-0.15, -0.1) is 12.4 Å². The van der Waals surface area contributed by atoms with Gasteiger partial charge in [0.25, 0.3) is 0 Å². The quantitative estimate of drug-likeness (QED) is 0.666. The molecular weight excluding hydrogens is 391 g/mol. The second-order valence-electron chi connectivity index (χ2n) is 7.10. The van der Waals surface area contributed by atoms with E-state index in [1.54, 1.807) is 19.2 Å². The number of hydrogen-bond donors (Lipinski definition) is 1. The van der Waals surface area contributed by atoms with Crippen molar-refractivity contribution in [1.82, 2.24) is 20.0 Å². The highest BCUT2D eigenvalue weighted by molar-refractivity contribution is 5.85. The van der Waals surface area contributed by atoms with E-state index in [4.69, 9.17) is 4.74 Å². The number of piperazine rings is 1. The third-order valence-corrected chi connectivity index (χ3v) is 5.18. The number of rotatable bonds is 6. The summed E-state index contributed by atoms with van der Waals surface area (Å²) >= 11 is 0. The summed E-state index contributed by atoms with van der Waals surface area (Å²) in [6.45, 7) is 4.29. The van der Waals surface area contributed by atoms with Gasteiger partial charge in [-0.25, -0.2) is 4.39 Å². The highest BCUT2D eigenvalue weighted by Gasteiger charge is 2.26. The van der Waals surface area contributed by atoms with Gasteiger partial charge in [-0.2, -0.15) is 5.10 Å². The second-order valence-corrected chi connectivity index (χ2v) is 7.10. The Morgan fingerprint density at radius 3 is 2.69 bits per heavy atom. The summed E-state index contributed by atoms with van der Waals surface area (Å²) in [6, 6.07) is 15.0. The van der Waals surface area contributed by atoms with Gasteiger partial charge in [0.1, 0.15) is 11.6 Å². The van der Waals surface area contributed by atoms with Gasteiger partial charge < -0.3 is 10.1 Å². The molecular formula is C22H26ClFN4O. The molecule has 1 aliphatic rings. The largest absolute Gasteiger partial charge is 0.496 e. The Kier molecular flexibility index (Phi) is 7.25. The molecule has 154 valence electrons. The van der Waals surface area contributed by atoms with Gasteiger partial charge in [-0.3, -0.25) is 9.58 Å². The SMILES string of the molecule is COc1ccccc1C1CNCCN1Cc1cnn(Cc2ccc(F)cc2)c1.Cl. The summed E-state index contributed by atoms with van der Waals surface area (Å²) in [6.07, 6.45) is 4.00. The van der Waals surface area contributed by atoms with Crippen molar-refractivity contribution in [3.8, 4) is 5.75 Å². The van der Waals surface area contributed by atoms with Crippen molar-refractivity contribution in [2.75, 3.05) is 26.7 Å². The molecule has 1 unspecified atom stereocenters. The number of hydrogen-bond acceptors (Lipinski definition) is 4. The van der Waals surface area contributed by atoms with E-state index in [9.17, 15) is 4.39 Å². The first kappa shape index (κ1) is 21.3. The second kappa shape index (κ2) is 9.87. The number of nitrogens with zero attached hydrogens (tertiary/aromatic N) is 3. The maximum atomic E-state index is 13.1. The Balaban J connectivity index is 0.00000240. The van der Waals surface area contributed by atoms with Crippen LogP contribution >= 0.6 is 12.4 Å².